The molecule has 1 unspecified atom stereocenters. The second-order valence-electron chi connectivity index (χ2n) is 6.49. The third kappa shape index (κ3) is 3.73. The van der Waals surface area contributed by atoms with Crippen molar-refractivity contribution in [1.29, 1.82) is 0 Å². The van der Waals surface area contributed by atoms with Crippen molar-refractivity contribution in [3.63, 3.8) is 0 Å². The molecule has 1 saturated carbocycles. The first kappa shape index (κ1) is 14.4. The van der Waals surface area contributed by atoms with Crippen molar-refractivity contribution in [2.24, 2.45) is 17.6 Å². The molecule has 0 radical (unpaired) electrons. The Hall–Kier alpha value is -1.02. The van der Waals surface area contributed by atoms with Crippen LogP contribution in [0.5, 0.6) is 5.75 Å². The molecule has 2 N–H and O–H groups in total. The largest absolute Gasteiger partial charge is 0.497 e. The zero-order valence-electron chi connectivity index (χ0n) is 12.5. The summed E-state index contributed by atoms with van der Waals surface area (Å²) >= 11 is 0. The van der Waals surface area contributed by atoms with Crippen molar-refractivity contribution >= 4 is 0 Å². The van der Waals surface area contributed by atoms with Gasteiger partial charge in [-0.1, -0.05) is 31.9 Å². The average Bonchev–Trinajstić information content (AvgIpc) is 2.40. The van der Waals surface area contributed by atoms with Crippen LogP contribution < -0.4 is 10.5 Å². The zero-order chi connectivity index (χ0) is 13.9. The van der Waals surface area contributed by atoms with Gasteiger partial charge in [0.2, 0.25) is 0 Å². The highest BCUT2D eigenvalue weighted by Gasteiger charge is 2.32. The van der Waals surface area contributed by atoms with E-state index in [1.165, 1.54) is 31.2 Å². The minimum absolute atomic E-state index is 0.0886. The van der Waals surface area contributed by atoms with Crippen molar-refractivity contribution in [2.45, 2.75) is 51.5 Å². The lowest BCUT2D eigenvalue weighted by Gasteiger charge is -2.38. The number of hydrogen-bond donors (Lipinski definition) is 1. The first-order valence-electron chi connectivity index (χ1n) is 7.43. The van der Waals surface area contributed by atoms with E-state index in [2.05, 4.69) is 26.0 Å². The summed E-state index contributed by atoms with van der Waals surface area (Å²) in [5, 5.41) is 0. The van der Waals surface area contributed by atoms with Gasteiger partial charge in [0, 0.05) is 5.54 Å². The van der Waals surface area contributed by atoms with E-state index in [1.807, 2.05) is 12.1 Å². The van der Waals surface area contributed by atoms with Crippen LogP contribution >= 0.6 is 0 Å². The SMILES string of the molecule is COc1ccc(CC(C)(N)C2CCC(C)CC2)cc1. The van der Waals surface area contributed by atoms with Gasteiger partial charge in [0.05, 0.1) is 7.11 Å². The molecule has 0 saturated heterocycles. The smallest absolute Gasteiger partial charge is 0.118 e. The molecule has 0 amide bonds. The van der Waals surface area contributed by atoms with E-state index >= 15 is 0 Å². The molecule has 2 heteroatoms. The summed E-state index contributed by atoms with van der Waals surface area (Å²) in [6, 6.07) is 8.31. The normalized spacial score (nSPS) is 26.7. The van der Waals surface area contributed by atoms with Crippen LogP contribution in [0.3, 0.4) is 0 Å². The summed E-state index contributed by atoms with van der Waals surface area (Å²) < 4.78 is 5.20. The monoisotopic (exact) mass is 261 g/mol. The summed E-state index contributed by atoms with van der Waals surface area (Å²) in [6.45, 7) is 4.57. The van der Waals surface area contributed by atoms with Crippen molar-refractivity contribution < 1.29 is 4.74 Å². The Morgan fingerprint density at radius 2 is 1.74 bits per heavy atom. The number of nitrogens with two attached hydrogens (primary N) is 1. The third-order valence-electron chi connectivity index (χ3n) is 4.69. The Morgan fingerprint density at radius 3 is 2.26 bits per heavy atom. The lowest BCUT2D eigenvalue weighted by molar-refractivity contribution is 0.191. The molecule has 1 fully saturated rings. The predicted molar refractivity (Wildman–Crippen MR) is 80.4 cm³/mol. The van der Waals surface area contributed by atoms with Crippen LogP contribution in [0.15, 0.2) is 24.3 Å². The fourth-order valence-corrected chi connectivity index (χ4v) is 3.25. The molecule has 19 heavy (non-hydrogen) atoms. The van der Waals surface area contributed by atoms with Crippen molar-refractivity contribution in [2.75, 3.05) is 7.11 Å². The van der Waals surface area contributed by atoms with Crippen LogP contribution in [-0.4, -0.2) is 12.6 Å². The Morgan fingerprint density at radius 1 is 1.16 bits per heavy atom. The molecule has 0 aliphatic heterocycles. The molecule has 1 aromatic carbocycles. The van der Waals surface area contributed by atoms with Crippen molar-refractivity contribution in [1.82, 2.24) is 0 Å². The fraction of sp³-hybridized carbons (Fsp3) is 0.647. The van der Waals surface area contributed by atoms with Gasteiger partial charge >= 0.3 is 0 Å². The lowest BCUT2D eigenvalue weighted by atomic mass is 9.71. The molecule has 106 valence electrons. The Balaban J connectivity index is 1.99. The third-order valence-corrected chi connectivity index (χ3v) is 4.69. The maximum atomic E-state index is 6.61. The van der Waals surface area contributed by atoms with E-state index in [4.69, 9.17) is 10.5 Å². The van der Waals surface area contributed by atoms with Crippen molar-refractivity contribution in [3.05, 3.63) is 29.8 Å². The van der Waals surface area contributed by atoms with Gasteiger partial charge in [-0.25, -0.2) is 0 Å². The van der Waals surface area contributed by atoms with Crippen LogP contribution in [0.4, 0.5) is 0 Å². The molecule has 1 aliphatic carbocycles. The maximum Gasteiger partial charge on any atom is 0.118 e. The summed E-state index contributed by atoms with van der Waals surface area (Å²) in [6.07, 6.45) is 6.19. The number of benzene rings is 1. The standard InChI is InChI=1S/C17H27NO/c1-13-4-8-15(9-5-13)17(2,18)12-14-6-10-16(19-3)11-7-14/h6-7,10-11,13,15H,4-5,8-9,12,18H2,1-3H3. The Bertz CT molecular complexity index is 388. The molecular weight excluding hydrogens is 234 g/mol. The molecule has 1 aromatic rings. The van der Waals surface area contributed by atoms with Gasteiger partial charge in [-0.15, -0.1) is 0 Å². The fourth-order valence-electron chi connectivity index (χ4n) is 3.25. The molecule has 0 aromatic heterocycles. The molecular formula is C17H27NO. The Labute approximate surface area is 117 Å². The van der Waals surface area contributed by atoms with Gasteiger partial charge in [-0.3, -0.25) is 0 Å². The molecule has 1 atom stereocenters. The minimum Gasteiger partial charge on any atom is -0.497 e. The number of ether oxygens (including phenoxy) is 1. The van der Waals surface area contributed by atoms with Crippen LogP contribution in [-0.2, 0) is 6.42 Å². The summed E-state index contributed by atoms with van der Waals surface area (Å²) in [5.41, 5.74) is 7.83. The lowest BCUT2D eigenvalue weighted by Crippen LogP contribution is -2.47. The predicted octanol–water partition coefficient (Wildman–Crippen LogP) is 3.78. The number of hydrogen-bond acceptors (Lipinski definition) is 2. The van der Waals surface area contributed by atoms with Crippen molar-refractivity contribution in [3.8, 4) is 5.75 Å². The molecule has 0 bridgehead atoms. The first-order valence-corrected chi connectivity index (χ1v) is 7.43. The first-order chi connectivity index (χ1) is 9.01. The number of rotatable bonds is 4. The highest BCUT2D eigenvalue weighted by molar-refractivity contribution is 5.28. The molecule has 0 spiro atoms. The molecule has 1 aliphatic rings. The quantitative estimate of drug-likeness (QED) is 0.895. The zero-order valence-corrected chi connectivity index (χ0v) is 12.5. The van der Waals surface area contributed by atoms with Gasteiger partial charge < -0.3 is 10.5 Å². The summed E-state index contributed by atoms with van der Waals surface area (Å²) in [7, 11) is 1.70. The Kier molecular flexibility index (Phi) is 4.51. The summed E-state index contributed by atoms with van der Waals surface area (Å²) in [5.74, 6) is 2.45. The van der Waals surface area contributed by atoms with Gasteiger partial charge in [-0.05, 0) is 55.7 Å². The van der Waals surface area contributed by atoms with E-state index in [-0.39, 0.29) is 5.54 Å². The highest BCUT2D eigenvalue weighted by Crippen LogP contribution is 2.35. The average molecular weight is 261 g/mol. The molecule has 2 rings (SSSR count). The van der Waals surface area contributed by atoms with Gasteiger partial charge in [-0.2, -0.15) is 0 Å². The van der Waals surface area contributed by atoms with E-state index in [0.717, 1.165) is 18.1 Å². The van der Waals surface area contributed by atoms with Gasteiger partial charge in [0.15, 0.2) is 0 Å². The topological polar surface area (TPSA) is 35.2 Å². The minimum atomic E-state index is -0.0886. The maximum absolute atomic E-state index is 6.61. The second-order valence-corrected chi connectivity index (χ2v) is 6.49. The van der Waals surface area contributed by atoms with E-state index < -0.39 is 0 Å². The molecule has 0 heterocycles. The van der Waals surface area contributed by atoms with Gasteiger partial charge in [0.25, 0.3) is 0 Å². The van der Waals surface area contributed by atoms with E-state index in [0.29, 0.717) is 5.92 Å². The molecule has 2 nitrogen and oxygen atoms in total. The highest BCUT2D eigenvalue weighted by atomic mass is 16.5. The van der Waals surface area contributed by atoms with Crippen LogP contribution in [0.1, 0.15) is 45.1 Å². The van der Waals surface area contributed by atoms with Gasteiger partial charge in [0.1, 0.15) is 5.75 Å². The number of methoxy groups -OCH3 is 1. The van der Waals surface area contributed by atoms with Crippen LogP contribution in [0.2, 0.25) is 0 Å². The van der Waals surface area contributed by atoms with E-state index in [9.17, 15) is 0 Å². The van der Waals surface area contributed by atoms with Crippen LogP contribution in [0.25, 0.3) is 0 Å². The second kappa shape index (κ2) is 5.96. The summed E-state index contributed by atoms with van der Waals surface area (Å²) in [4.78, 5) is 0. The van der Waals surface area contributed by atoms with Crippen LogP contribution in [0, 0.1) is 11.8 Å². The van der Waals surface area contributed by atoms with E-state index in [1.54, 1.807) is 7.11 Å².